The zero-order chi connectivity index (χ0) is 15.7. The van der Waals surface area contributed by atoms with Crippen molar-refractivity contribution in [3.8, 4) is 6.07 Å². The SMILES string of the molecule is CC1(C)CCc2ncn(Cc3ncc(C#N)cn3)c(=O)c2C1. The van der Waals surface area contributed by atoms with Gasteiger partial charge in [0.25, 0.3) is 5.56 Å². The maximum absolute atomic E-state index is 12.6. The molecule has 0 saturated heterocycles. The predicted molar refractivity (Wildman–Crippen MR) is 80.2 cm³/mol. The molecule has 0 fully saturated rings. The van der Waals surface area contributed by atoms with Gasteiger partial charge in [-0.3, -0.25) is 9.36 Å². The zero-order valence-electron chi connectivity index (χ0n) is 12.7. The van der Waals surface area contributed by atoms with Crippen LogP contribution in [0.2, 0.25) is 0 Å². The van der Waals surface area contributed by atoms with E-state index in [4.69, 9.17) is 5.26 Å². The van der Waals surface area contributed by atoms with Gasteiger partial charge in [0.1, 0.15) is 11.9 Å². The lowest BCUT2D eigenvalue weighted by molar-refractivity contribution is 0.308. The summed E-state index contributed by atoms with van der Waals surface area (Å²) < 4.78 is 1.54. The van der Waals surface area contributed by atoms with E-state index >= 15 is 0 Å². The summed E-state index contributed by atoms with van der Waals surface area (Å²) in [6.45, 7) is 4.62. The number of rotatable bonds is 2. The predicted octanol–water partition coefficient (Wildman–Crippen LogP) is 1.47. The molecular formula is C16H17N5O. The standard InChI is InChI=1S/C16H17N5O/c1-16(2)4-3-13-12(5-16)15(22)21(10-20-13)9-14-18-7-11(6-17)8-19-14/h7-8,10H,3-5,9H2,1-2H3. The van der Waals surface area contributed by atoms with Crippen molar-refractivity contribution in [2.45, 2.75) is 39.7 Å². The molecule has 0 radical (unpaired) electrons. The maximum atomic E-state index is 12.6. The average Bonchev–Trinajstić information content (AvgIpc) is 2.51. The van der Waals surface area contributed by atoms with E-state index in [-0.39, 0.29) is 17.5 Å². The Balaban J connectivity index is 1.92. The second-order valence-corrected chi connectivity index (χ2v) is 6.44. The summed E-state index contributed by atoms with van der Waals surface area (Å²) >= 11 is 0. The Kier molecular flexibility index (Phi) is 3.49. The fourth-order valence-electron chi connectivity index (χ4n) is 2.74. The van der Waals surface area contributed by atoms with E-state index in [2.05, 4.69) is 28.8 Å². The van der Waals surface area contributed by atoms with Crippen molar-refractivity contribution in [1.82, 2.24) is 19.5 Å². The molecule has 2 aromatic rings. The van der Waals surface area contributed by atoms with Gasteiger partial charge in [-0.15, -0.1) is 0 Å². The number of fused-ring (bicyclic) bond motifs is 1. The monoisotopic (exact) mass is 295 g/mol. The van der Waals surface area contributed by atoms with Crippen LogP contribution in [0.15, 0.2) is 23.5 Å². The summed E-state index contributed by atoms with van der Waals surface area (Å²) in [5.41, 5.74) is 2.26. The molecule has 6 heteroatoms. The average molecular weight is 295 g/mol. The van der Waals surface area contributed by atoms with Gasteiger partial charge in [-0.05, 0) is 24.7 Å². The second-order valence-electron chi connectivity index (χ2n) is 6.44. The molecule has 6 nitrogen and oxygen atoms in total. The van der Waals surface area contributed by atoms with Crippen molar-refractivity contribution < 1.29 is 0 Å². The summed E-state index contributed by atoms with van der Waals surface area (Å²) in [5, 5.41) is 8.75. The Morgan fingerprint density at radius 2 is 2.05 bits per heavy atom. The van der Waals surface area contributed by atoms with Gasteiger partial charge < -0.3 is 0 Å². The van der Waals surface area contributed by atoms with Crippen molar-refractivity contribution in [3.63, 3.8) is 0 Å². The van der Waals surface area contributed by atoms with Crippen LogP contribution in [0, 0.1) is 16.7 Å². The zero-order valence-corrected chi connectivity index (χ0v) is 12.7. The minimum Gasteiger partial charge on any atom is -0.291 e. The van der Waals surface area contributed by atoms with Crippen molar-refractivity contribution >= 4 is 0 Å². The molecule has 0 unspecified atom stereocenters. The van der Waals surface area contributed by atoms with Gasteiger partial charge in [-0.25, -0.2) is 15.0 Å². The van der Waals surface area contributed by atoms with Crippen molar-refractivity contribution in [1.29, 1.82) is 5.26 Å². The molecule has 1 aliphatic carbocycles. The van der Waals surface area contributed by atoms with E-state index in [0.29, 0.717) is 11.4 Å². The molecule has 0 spiro atoms. The maximum Gasteiger partial charge on any atom is 0.257 e. The third kappa shape index (κ3) is 2.75. The highest BCUT2D eigenvalue weighted by molar-refractivity contribution is 5.23. The topological polar surface area (TPSA) is 84.5 Å². The Hall–Kier alpha value is -2.55. The summed E-state index contributed by atoms with van der Waals surface area (Å²) in [4.78, 5) is 25.3. The lowest BCUT2D eigenvalue weighted by Crippen LogP contribution is -2.34. The summed E-state index contributed by atoms with van der Waals surface area (Å²) in [7, 11) is 0. The van der Waals surface area contributed by atoms with Gasteiger partial charge in [0.05, 0.1) is 24.1 Å². The third-order valence-electron chi connectivity index (χ3n) is 4.06. The Labute approximate surface area is 128 Å². The highest BCUT2D eigenvalue weighted by atomic mass is 16.1. The fourth-order valence-corrected chi connectivity index (χ4v) is 2.74. The Morgan fingerprint density at radius 3 is 2.73 bits per heavy atom. The van der Waals surface area contributed by atoms with Crippen LogP contribution in [0.5, 0.6) is 0 Å². The summed E-state index contributed by atoms with van der Waals surface area (Å²) in [5.74, 6) is 0.498. The molecule has 0 amide bonds. The van der Waals surface area contributed by atoms with Crippen LogP contribution in [0.1, 0.15) is 42.9 Å². The van der Waals surface area contributed by atoms with Crippen LogP contribution in [0.3, 0.4) is 0 Å². The molecule has 3 rings (SSSR count). The van der Waals surface area contributed by atoms with Gasteiger partial charge in [0, 0.05) is 18.0 Å². The highest BCUT2D eigenvalue weighted by Gasteiger charge is 2.28. The molecule has 0 aliphatic heterocycles. The highest BCUT2D eigenvalue weighted by Crippen LogP contribution is 2.32. The number of aromatic nitrogens is 4. The number of nitriles is 1. The van der Waals surface area contributed by atoms with Gasteiger partial charge in [-0.1, -0.05) is 13.8 Å². The molecule has 0 N–H and O–H groups in total. The van der Waals surface area contributed by atoms with Gasteiger partial charge in [-0.2, -0.15) is 5.26 Å². The number of nitrogens with zero attached hydrogens (tertiary/aromatic N) is 5. The molecule has 2 heterocycles. The van der Waals surface area contributed by atoms with Crippen LogP contribution in [-0.4, -0.2) is 19.5 Å². The summed E-state index contributed by atoms with van der Waals surface area (Å²) in [6.07, 6.45) is 7.15. The molecule has 0 bridgehead atoms. The van der Waals surface area contributed by atoms with E-state index < -0.39 is 0 Å². The second kappa shape index (κ2) is 5.34. The first-order chi connectivity index (χ1) is 10.5. The molecular weight excluding hydrogens is 278 g/mol. The third-order valence-corrected chi connectivity index (χ3v) is 4.06. The van der Waals surface area contributed by atoms with E-state index in [1.54, 1.807) is 10.9 Å². The van der Waals surface area contributed by atoms with Crippen molar-refractivity contribution in [2.75, 3.05) is 0 Å². The van der Waals surface area contributed by atoms with E-state index in [0.717, 1.165) is 30.5 Å². The fraction of sp³-hybridized carbons (Fsp3) is 0.438. The summed E-state index contributed by atoms with van der Waals surface area (Å²) in [6, 6.07) is 1.97. The van der Waals surface area contributed by atoms with Crippen LogP contribution >= 0.6 is 0 Å². The van der Waals surface area contributed by atoms with Crippen LogP contribution in [0.25, 0.3) is 0 Å². The van der Waals surface area contributed by atoms with E-state index in [9.17, 15) is 4.79 Å². The normalized spacial score (nSPS) is 15.9. The first-order valence-electron chi connectivity index (χ1n) is 7.27. The number of hydrogen-bond donors (Lipinski definition) is 0. The van der Waals surface area contributed by atoms with Crippen molar-refractivity contribution in [3.05, 3.63) is 51.7 Å². The van der Waals surface area contributed by atoms with Gasteiger partial charge >= 0.3 is 0 Å². The minimum absolute atomic E-state index is 0.00858. The Morgan fingerprint density at radius 1 is 1.32 bits per heavy atom. The first-order valence-corrected chi connectivity index (χ1v) is 7.27. The van der Waals surface area contributed by atoms with Crippen LogP contribution in [-0.2, 0) is 19.4 Å². The number of hydrogen-bond acceptors (Lipinski definition) is 5. The molecule has 0 aromatic carbocycles. The molecule has 2 aromatic heterocycles. The van der Waals surface area contributed by atoms with E-state index in [1.165, 1.54) is 12.4 Å². The lowest BCUT2D eigenvalue weighted by Gasteiger charge is -2.30. The molecule has 0 saturated carbocycles. The Bertz CT molecular complexity index is 799. The van der Waals surface area contributed by atoms with Gasteiger partial charge in [0.15, 0.2) is 0 Å². The number of aryl methyl sites for hydroxylation is 1. The molecule has 1 aliphatic rings. The van der Waals surface area contributed by atoms with Crippen molar-refractivity contribution in [2.24, 2.45) is 5.41 Å². The smallest absolute Gasteiger partial charge is 0.257 e. The van der Waals surface area contributed by atoms with Gasteiger partial charge in [0.2, 0.25) is 0 Å². The quantitative estimate of drug-likeness (QED) is 0.837. The largest absolute Gasteiger partial charge is 0.291 e. The lowest BCUT2D eigenvalue weighted by atomic mass is 9.76. The van der Waals surface area contributed by atoms with Crippen LogP contribution < -0.4 is 5.56 Å². The molecule has 22 heavy (non-hydrogen) atoms. The molecule has 0 atom stereocenters. The minimum atomic E-state index is -0.00858. The van der Waals surface area contributed by atoms with Crippen LogP contribution in [0.4, 0.5) is 0 Å². The molecule has 112 valence electrons. The first kappa shape index (κ1) is 14.4. The van der Waals surface area contributed by atoms with E-state index in [1.807, 2.05) is 6.07 Å².